The first-order valence-electron chi connectivity index (χ1n) is 5.32. The van der Waals surface area contributed by atoms with Crippen LogP contribution in [0.1, 0.15) is 24.2 Å². The molecule has 0 saturated carbocycles. The minimum Gasteiger partial charge on any atom is -0.399 e. The first-order chi connectivity index (χ1) is 7.85. The normalized spacial score (nSPS) is 11.2. The van der Waals surface area contributed by atoms with E-state index in [1.165, 1.54) is 0 Å². The predicted molar refractivity (Wildman–Crippen MR) is 68.7 cm³/mol. The monoisotopic (exact) mass is 237 g/mol. The van der Waals surface area contributed by atoms with Crippen molar-refractivity contribution < 1.29 is 9.53 Å². The minimum atomic E-state index is -0.445. The number of rotatable bonds is 4. The second-order valence-electron chi connectivity index (χ2n) is 4.62. The van der Waals surface area contributed by atoms with Gasteiger partial charge < -0.3 is 21.5 Å². The smallest absolute Gasteiger partial charge is 0.253 e. The van der Waals surface area contributed by atoms with Crippen LogP contribution in [-0.4, -0.2) is 25.2 Å². The van der Waals surface area contributed by atoms with Crippen molar-refractivity contribution in [2.75, 3.05) is 25.2 Å². The molecule has 0 aliphatic rings. The molecule has 0 heterocycles. The topological polar surface area (TPSA) is 90.4 Å². The molecule has 0 fully saturated rings. The van der Waals surface area contributed by atoms with Crippen LogP contribution in [0.2, 0.25) is 0 Å². The molecular weight excluding hydrogens is 218 g/mol. The van der Waals surface area contributed by atoms with Crippen molar-refractivity contribution in [1.82, 2.24) is 5.32 Å². The van der Waals surface area contributed by atoms with Crippen molar-refractivity contribution in [2.45, 2.75) is 19.4 Å². The maximum absolute atomic E-state index is 12.0. The van der Waals surface area contributed by atoms with Gasteiger partial charge in [-0.3, -0.25) is 4.79 Å². The van der Waals surface area contributed by atoms with E-state index in [4.69, 9.17) is 16.2 Å². The summed E-state index contributed by atoms with van der Waals surface area (Å²) in [5.41, 5.74) is 12.2. The number of benzene rings is 1. The zero-order valence-corrected chi connectivity index (χ0v) is 10.4. The van der Waals surface area contributed by atoms with Crippen molar-refractivity contribution in [3.8, 4) is 0 Å². The van der Waals surface area contributed by atoms with E-state index < -0.39 is 5.54 Å². The maximum atomic E-state index is 12.0. The van der Waals surface area contributed by atoms with Gasteiger partial charge in [0, 0.05) is 18.5 Å². The minimum absolute atomic E-state index is 0.232. The molecule has 0 bridgehead atoms. The van der Waals surface area contributed by atoms with Crippen molar-refractivity contribution >= 4 is 17.3 Å². The molecule has 5 nitrogen and oxygen atoms in total. The fourth-order valence-corrected chi connectivity index (χ4v) is 1.56. The van der Waals surface area contributed by atoms with Gasteiger partial charge >= 0.3 is 0 Å². The van der Waals surface area contributed by atoms with E-state index in [9.17, 15) is 4.79 Å². The Morgan fingerprint density at radius 1 is 1.41 bits per heavy atom. The van der Waals surface area contributed by atoms with Gasteiger partial charge in [-0.25, -0.2) is 0 Å². The van der Waals surface area contributed by atoms with Gasteiger partial charge in [0.25, 0.3) is 5.91 Å². The van der Waals surface area contributed by atoms with Gasteiger partial charge in [0.2, 0.25) is 0 Å². The number of methoxy groups -OCH3 is 1. The molecule has 0 saturated heterocycles. The van der Waals surface area contributed by atoms with Gasteiger partial charge in [-0.15, -0.1) is 0 Å². The molecule has 1 aromatic carbocycles. The van der Waals surface area contributed by atoms with Gasteiger partial charge in [0.05, 0.1) is 17.7 Å². The molecule has 5 N–H and O–H groups in total. The fourth-order valence-electron chi connectivity index (χ4n) is 1.56. The zero-order valence-electron chi connectivity index (χ0n) is 10.4. The molecule has 0 aliphatic carbocycles. The Labute approximate surface area is 101 Å². The number of anilines is 2. The highest BCUT2D eigenvalue weighted by molar-refractivity contribution is 6.00. The molecule has 0 unspecified atom stereocenters. The highest BCUT2D eigenvalue weighted by Crippen LogP contribution is 2.16. The van der Waals surface area contributed by atoms with Crippen molar-refractivity contribution in [3.63, 3.8) is 0 Å². The van der Waals surface area contributed by atoms with Crippen LogP contribution >= 0.6 is 0 Å². The second-order valence-corrected chi connectivity index (χ2v) is 4.62. The van der Waals surface area contributed by atoms with E-state index in [1.54, 1.807) is 25.3 Å². The Morgan fingerprint density at radius 2 is 2.06 bits per heavy atom. The quantitative estimate of drug-likeness (QED) is 0.681. The van der Waals surface area contributed by atoms with Crippen LogP contribution in [0, 0.1) is 0 Å². The highest BCUT2D eigenvalue weighted by Gasteiger charge is 2.22. The van der Waals surface area contributed by atoms with Gasteiger partial charge in [-0.2, -0.15) is 0 Å². The van der Waals surface area contributed by atoms with Crippen molar-refractivity contribution in [3.05, 3.63) is 23.8 Å². The van der Waals surface area contributed by atoms with Crippen molar-refractivity contribution in [2.24, 2.45) is 0 Å². The predicted octanol–water partition coefficient (Wildman–Crippen LogP) is 1.01. The SMILES string of the molecule is COCC(C)(C)NC(=O)c1ccc(N)cc1N. The standard InChI is InChI=1S/C12H19N3O2/c1-12(2,7-17-3)15-11(16)9-5-4-8(13)6-10(9)14/h4-6H,7,13-14H2,1-3H3,(H,15,16). The molecule has 1 aromatic rings. The number of nitrogens with two attached hydrogens (primary N) is 2. The Bertz CT molecular complexity index is 416. The van der Waals surface area contributed by atoms with Gasteiger partial charge in [0.15, 0.2) is 0 Å². The van der Waals surface area contributed by atoms with Crippen LogP contribution in [0.5, 0.6) is 0 Å². The Morgan fingerprint density at radius 3 is 2.59 bits per heavy atom. The van der Waals surface area contributed by atoms with Crippen LogP contribution < -0.4 is 16.8 Å². The number of hydrogen-bond acceptors (Lipinski definition) is 4. The lowest BCUT2D eigenvalue weighted by atomic mass is 10.1. The Kier molecular flexibility index (Phi) is 3.96. The molecule has 0 radical (unpaired) electrons. The third kappa shape index (κ3) is 3.64. The van der Waals surface area contributed by atoms with Crippen LogP contribution in [0.3, 0.4) is 0 Å². The molecule has 0 spiro atoms. The summed E-state index contributed by atoms with van der Waals surface area (Å²) in [6.45, 7) is 4.18. The molecule has 1 rings (SSSR count). The molecule has 5 heteroatoms. The molecule has 0 aliphatic heterocycles. The molecule has 0 atom stereocenters. The van der Waals surface area contributed by atoms with Crippen LogP contribution in [-0.2, 0) is 4.74 Å². The Balaban J connectivity index is 2.83. The number of ether oxygens (including phenoxy) is 1. The molecule has 17 heavy (non-hydrogen) atoms. The number of hydrogen-bond donors (Lipinski definition) is 3. The van der Waals surface area contributed by atoms with E-state index in [1.807, 2.05) is 13.8 Å². The second kappa shape index (κ2) is 5.05. The van der Waals surface area contributed by atoms with Crippen LogP contribution in [0.15, 0.2) is 18.2 Å². The lowest BCUT2D eigenvalue weighted by molar-refractivity contribution is 0.0821. The Hall–Kier alpha value is -1.75. The molecule has 1 amide bonds. The summed E-state index contributed by atoms with van der Waals surface area (Å²) >= 11 is 0. The first kappa shape index (κ1) is 13.3. The molecule has 0 aromatic heterocycles. The third-order valence-corrected chi connectivity index (χ3v) is 2.28. The summed E-state index contributed by atoms with van der Waals surface area (Å²) in [6.07, 6.45) is 0. The number of amides is 1. The average molecular weight is 237 g/mol. The summed E-state index contributed by atoms with van der Waals surface area (Å²) < 4.78 is 5.03. The number of nitrogens with one attached hydrogen (secondary N) is 1. The zero-order chi connectivity index (χ0) is 13.1. The van der Waals surface area contributed by atoms with Crippen molar-refractivity contribution in [1.29, 1.82) is 0 Å². The van der Waals surface area contributed by atoms with Crippen LogP contribution in [0.4, 0.5) is 11.4 Å². The summed E-state index contributed by atoms with van der Waals surface area (Å²) in [5.74, 6) is -0.232. The summed E-state index contributed by atoms with van der Waals surface area (Å²) in [6, 6.07) is 4.83. The summed E-state index contributed by atoms with van der Waals surface area (Å²) in [5, 5.41) is 2.85. The van der Waals surface area contributed by atoms with Gasteiger partial charge in [-0.1, -0.05) is 0 Å². The van der Waals surface area contributed by atoms with Gasteiger partial charge in [0.1, 0.15) is 0 Å². The third-order valence-electron chi connectivity index (χ3n) is 2.28. The van der Waals surface area contributed by atoms with E-state index in [0.29, 0.717) is 23.5 Å². The number of carbonyl (C=O) groups excluding carboxylic acids is 1. The van der Waals surface area contributed by atoms with Gasteiger partial charge in [-0.05, 0) is 32.0 Å². The van der Waals surface area contributed by atoms with Crippen LogP contribution in [0.25, 0.3) is 0 Å². The first-order valence-corrected chi connectivity index (χ1v) is 5.32. The average Bonchev–Trinajstić information content (AvgIpc) is 2.15. The molecular formula is C12H19N3O2. The lowest BCUT2D eigenvalue weighted by Crippen LogP contribution is -2.46. The fraction of sp³-hybridized carbons (Fsp3) is 0.417. The molecule has 94 valence electrons. The largest absolute Gasteiger partial charge is 0.399 e. The number of nitrogen functional groups attached to an aromatic ring is 2. The van der Waals surface area contributed by atoms with E-state index >= 15 is 0 Å². The van der Waals surface area contributed by atoms with E-state index in [2.05, 4.69) is 5.32 Å². The highest BCUT2D eigenvalue weighted by atomic mass is 16.5. The summed E-state index contributed by atoms with van der Waals surface area (Å²) in [4.78, 5) is 12.0. The lowest BCUT2D eigenvalue weighted by Gasteiger charge is -2.25. The maximum Gasteiger partial charge on any atom is 0.253 e. The summed E-state index contributed by atoms with van der Waals surface area (Å²) in [7, 11) is 1.59. The van der Waals surface area contributed by atoms with E-state index in [-0.39, 0.29) is 5.91 Å². The van der Waals surface area contributed by atoms with E-state index in [0.717, 1.165) is 0 Å². The number of carbonyl (C=O) groups is 1.